The van der Waals surface area contributed by atoms with E-state index in [1.807, 2.05) is 6.07 Å². The van der Waals surface area contributed by atoms with Crippen molar-refractivity contribution in [2.75, 3.05) is 19.6 Å². The second kappa shape index (κ2) is 8.01. The molecule has 1 N–H and O–H groups in total. The second-order valence-electron chi connectivity index (χ2n) is 8.09. The molecular formula is C23H25BrN4O. The molecular weight excluding hydrogens is 428 g/mol. The molecule has 1 saturated carbocycles. The van der Waals surface area contributed by atoms with Crippen LogP contribution in [-0.2, 0) is 11.2 Å². The van der Waals surface area contributed by atoms with Crippen molar-refractivity contribution in [3.8, 4) is 11.3 Å². The zero-order valence-corrected chi connectivity index (χ0v) is 17.9. The maximum absolute atomic E-state index is 11.4. The molecule has 1 aliphatic heterocycles. The third-order valence-electron chi connectivity index (χ3n) is 6.46. The topological polar surface area (TPSA) is 49.6 Å². The van der Waals surface area contributed by atoms with Crippen molar-refractivity contribution < 1.29 is 4.79 Å². The molecule has 5 rings (SSSR count). The standard InChI is InChI=1S/C23H25BrN4O/c24-18-7-4-16(5-8-18)23-21(28-11-2-1-3-22(28)26-23)13-19-14-25-10-12-27(19)20-9-6-17(20)15-29/h1-5,7-8,11,15,17,19-20,25H,6,9-10,12-14H2. The predicted molar refractivity (Wildman–Crippen MR) is 118 cm³/mol. The fourth-order valence-electron chi connectivity index (χ4n) is 4.79. The number of hydrogen-bond acceptors (Lipinski definition) is 4. The second-order valence-corrected chi connectivity index (χ2v) is 9.00. The number of rotatable bonds is 5. The minimum atomic E-state index is 0.198. The van der Waals surface area contributed by atoms with Crippen molar-refractivity contribution in [2.45, 2.75) is 31.3 Å². The van der Waals surface area contributed by atoms with E-state index >= 15 is 0 Å². The fraction of sp³-hybridized carbons (Fsp3) is 0.391. The molecule has 2 fully saturated rings. The smallest absolute Gasteiger partial charge is 0.137 e. The molecule has 2 aliphatic rings. The number of aromatic nitrogens is 2. The van der Waals surface area contributed by atoms with Gasteiger partial charge in [-0.3, -0.25) is 4.90 Å². The third-order valence-corrected chi connectivity index (χ3v) is 6.99. The molecule has 3 aromatic rings. The lowest BCUT2D eigenvalue weighted by Crippen LogP contribution is -2.60. The Kier molecular flexibility index (Phi) is 5.24. The molecule has 2 aromatic heterocycles. The maximum Gasteiger partial charge on any atom is 0.137 e. The predicted octanol–water partition coefficient (Wildman–Crippen LogP) is 3.56. The van der Waals surface area contributed by atoms with Crippen molar-refractivity contribution in [3.05, 3.63) is 58.8 Å². The SMILES string of the molecule is O=CC1CCC1N1CCNCC1Cc1c(-c2ccc(Br)cc2)nc2ccccn12. The van der Waals surface area contributed by atoms with Gasteiger partial charge in [-0.15, -0.1) is 0 Å². The number of nitrogens with one attached hydrogen (secondary N) is 1. The highest BCUT2D eigenvalue weighted by atomic mass is 79.9. The summed E-state index contributed by atoms with van der Waals surface area (Å²) in [5, 5.41) is 3.56. The van der Waals surface area contributed by atoms with Crippen molar-refractivity contribution in [3.63, 3.8) is 0 Å². The Labute approximate surface area is 179 Å². The van der Waals surface area contributed by atoms with Gasteiger partial charge in [-0.25, -0.2) is 4.98 Å². The largest absolute Gasteiger partial charge is 0.314 e. The van der Waals surface area contributed by atoms with Crippen LogP contribution in [0.2, 0.25) is 0 Å². The molecule has 3 unspecified atom stereocenters. The van der Waals surface area contributed by atoms with Crippen LogP contribution in [0.5, 0.6) is 0 Å². The summed E-state index contributed by atoms with van der Waals surface area (Å²) >= 11 is 3.53. The molecule has 3 atom stereocenters. The Morgan fingerprint density at radius 1 is 1.17 bits per heavy atom. The number of nitrogens with zero attached hydrogens (tertiary/aromatic N) is 3. The maximum atomic E-state index is 11.4. The number of aldehydes is 1. The first-order valence-electron chi connectivity index (χ1n) is 10.4. The van der Waals surface area contributed by atoms with E-state index in [-0.39, 0.29) is 5.92 Å². The van der Waals surface area contributed by atoms with Gasteiger partial charge in [0.1, 0.15) is 11.9 Å². The van der Waals surface area contributed by atoms with Gasteiger partial charge >= 0.3 is 0 Å². The van der Waals surface area contributed by atoms with Crippen LogP contribution in [0.3, 0.4) is 0 Å². The molecule has 0 amide bonds. The van der Waals surface area contributed by atoms with E-state index in [0.717, 1.165) is 66.6 Å². The molecule has 3 heterocycles. The number of halogens is 1. The molecule has 0 radical (unpaired) electrons. The van der Waals surface area contributed by atoms with Crippen LogP contribution >= 0.6 is 15.9 Å². The lowest BCUT2D eigenvalue weighted by atomic mass is 9.78. The number of fused-ring (bicyclic) bond motifs is 1. The Hall–Kier alpha value is -2.02. The van der Waals surface area contributed by atoms with Gasteiger partial charge in [0, 0.05) is 60.3 Å². The van der Waals surface area contributed by atoms with Crippen LogP contribution in [0.4, 0.5) is 0 Å². The van der Waals surface area contributed by atoms with Gasteiger partial charge in [0.05, 0.1) is 11.4 Å². The van der Waals surface area contributed by atoms with Crippen molar-refractivity contribution in [1.29, 1.82) is 0 Å². The lowest BCUT2D eigenvalue weighted by molar-refractivity contribution is -0.118. The summed E-state index contributed by atoms with van der Waals surface area (Å²) in [6, 6.07) is 15.3. The lowest BCUT2D eigenvalue weighted by Gasteiger charge is -2.48. The van der Waals surface area contributed by atoms with Crippen molar-refractivity contribution in [2.24, 2.45) is 5.92 Å². The van der Waals surface area contributed by atoms with E-state index in [9.17, 15) is 4.79 Å². The molecule has 0 spiro atoms. The normalized spacial score (nSPS) is 25.1. The first kappa shape index (κ1) is 19.0. The highest BCUT2D eigenvalue weighted by Gasteiger charge is 2.39. The average Bonchev–Trinajstić information content (AvgIpc) is 3.08. The van der Waals surface area contributed by atoms with Crippen molar-refractivity contribution in [1.82, 2.24) is 19.6 Å². The van der Waals surface area contributed by atoms with Crippen LogP contribution < -0.4 is 5.32 Å². The molecule has 29 heavy (non-hydrogen) atoms. The number of carbonyl (C=O) groups is 1. The highest BCUT2D eigenvalue weighted by Crippen LogP contribution is 2.34. The Bertz CT molecular complexity index is 1020. The number of imidazole rings is 1. The fourth-order valence-corrected chi connectivity index (χ4v) is 5.05. The van der Waals surface area contributed by atoms with Crippen LogP contribution in [0, 0.1) is 5.92 Å². The van der Waals surface area contributed by atoms with Gasteiger partial charge in [0.2, 0.25) is 0 Å². The minimum Gasteiger partial charge on any atom is -0.314 e. The average molecular weight is 453 g/mol. The van der Waals surface area contributed by atoms with Gasteiger partial charge in [-0.05, 0) is 37.1 Å². The summed E-state index contributed by atoms with van der Waals surface area (Å²) in [5.41, 5.74) is 4.40. The van der Waals surface area contributed by atoms with E-state index in [1.54, 1.807) is 0 Å². The quantitative estimate of drug-likeness (QED) is 0.601. The molecule has 0 bridgehead atoms. The van der Waals surface area contributed by atoms with Crippen LogP contribution in [0.25, 0.3) is 16.9 Å². The Morgan fingerprint density at radius 3 is 2.79 bits per heavy atom. The molecule has 1 aliphatic carbocycles. The first-order chi connectivity index (χ1) is 14.2. The van der Waals surface area contributed by atoms with Crippen LogP contribution in [-0.4, -0.2) is 52.3 Å². The molecule has 5 nitrogen and oxygen atoms in total. The summed E-state index contributed by atoms with van der Waals surface area (Å²) in [6.45, 7) is 2.94. The summed E-state index contributed by atoms with van der Waals surface area (Å²) in [4.78, 5) is 19.0. The van der Waals surface area contributed by atoms with E-state index in [1.165, 1.54) is 5.69 Å². The van der Waals surface area contributed by atoms with E-state index < -0.39 is 0 Å². The van der Waals surface area contributed by atoms with Gasteiger partial charge in [0.15, 0.2) is 0 Å². The number of piperazine rings is 1. The zero-order valence-electron chi connectivity index (χ0n) is 16.3. The van der Waals surface area contributed by atoms with Gasteiger partial charge in [0.25, 0.3) is 0 Å². The summed E-state index contributed by atoms with van der Waals surface area (Å²) < 4.78 is 3.29. The monoisotopic (exact) mass is 452 g/mol. The van der Waals surface area contributed by atoms with Gasteiger partial charge < -0.3 is 14.5 Å². The van der Waals surface area contributed by atoms with Crippen LogP contribution in [0.1, 0.15) is 18.5 Å². The van der Waals surface area contributed by atoms with E-state index in [2.05, 4.69) is 73.1 Å². The Morgan fingerprint density at radius 2 is 2.03 bits per heavy atom. The summed E-state index contributed by atoms with van der Waals surface area (Å²) in [6.07, 6.45) is 6.34. The van der Waals surface area contributed by atoms with Gasteiger partial charge in [-0.2, -0.15) is 0 Å². The zero-order chi connectivity index (χ0) is 19.8. The van der Waals surface area contributed by atoms with E-state index in [0.29, 0.717) is 12.1 Å². The Balaban J connectivity index is 1.52. The van der Waals surface area contributed by atoms with Gasteiger partial charge in [-0.1, -0.05) is 34.1 Å². The molecule has 1 aromatic carbocycles. The first-order valence-corrected chi connectivity index (χ1v) is 11.2. The third kappa shape index (κ3) is 3.54. The number of pyridine rings is 1. The molecule has 150 valence electrons. The number of carbonyl (C=O) groups excluding carboxylic acids is 1. The van der Waals surface area contributed by atoms with Crippen molar-refractivity contribution >= 4 is 27.9 Å². The highest BCUT2D eigenvalue weighted by molar-refractivity contribution is 9.10. The number of hydrogen-bond donors (Lipinski definition) is 1. The van der Waals surface area contributed by atoms with Crippen LogP contribution in [0.15, 0.2) is 53.1 Å². The number of benzene rings is 1. The molecule has 1 saturated heterocycles. The summed E-state index contributed by atoms with van der Waals surface area (Å²) in [5.74, 6) is 0.198. The van der Waals surface area contributed by atoms with E-state index in [4.69, 9.17) is 4.98 Å². The summed E-state index contributed by atoms with van der Waals surface area (Å²) in [7, 11) is 0. The minimum absolute atomic E-state index is 0.198. The molecule has 6 heteroatoms.